The van der Waals surface area contributed by atoms with Crippen LogP contribution in [0.15, 0.2) is 18.2 Å². The van der Waals surface area contributed by atoms with E-state index in [4.69, 9.17) is 21.1 Å². The van der Waals surface area contributed by atoms with Gasteiger partial charge >= 0.3 is 0 Å². The first-order chi connectivity index (χ1) is 12.1. The number of ether oxygens (including phenoxy) is 2. The number of nitrogens with zero attached hydrogens (tertiary/aromatic N) is 1. The van der Waals surface area contributed by atoms with Gasteiger partial charge in [0, 0.05) is 25.2 Å². The van der Waals surface area contributed by atoms with E-state index in [-0.39, 0.29) is 18.2 Å². The molecule has 0 aromatic heterocycles. The molecule has 0 amide bonds. The van der Waals surface area contributed by atoms with E-state index in [9.17, 15) is 9.50 Å². The van der Waals surface area contributed by atoms with E-state index >= 15 is 0 Å². The lowest BCUT2D eigenvalue weighted by Crippen LogP contribution is -2.51. The predicted octanol–water partition coefficient (Wildman–Crippen LogP) is 3.64. The van der Waals surface area contributed by atoms with Crippen LogP contribution in [-0.2, 0) is 4.74 Å². The summed E-state index contributed by atoms with van der Waals surface area (Å²) in [5.41, 5.74) is -1.08. The summed E-state index contributed by atoms with van der Waals surface area (Å²) in [5, 5.41) is 11.0. The number of halogens is 2. The van der Waals surface area contributed by atoms with Crippen molar-refractivity contribution in [2.24, 2.45) is 0 Å². The fourth-order valence-corrected chi connectivity index (χ4v) is 3.92. The number of rotatable bonds is 4. The molecule has 1 aliphatic heterocycles. The maximum absolute atomic E-state index is 13.2. The Balaban J connectivity index is 1.62. The van der Waals surface area contributed by atoms with Crippen LogP contribution in [0.25, 0.3) is 0 Å². The van der Waals surface area contributed by atoms with Crippen molar-refractivity contribution in [3.8, 4) is 5.75 Å². The monoisotopic (exact) mass is 371 g/mol. The molecule has 0 spiro atoms. The van der Waals surface area contributed by atoms with Crippen molar-refractivity contribution in [1.82, 2.24) is 4.90 Å². The van der Waals surface area contributed by atoms with E-state index in [1.165, 1.54) is 56.7 Å². The van der Waals surface area contributed by atoms with Crippen molar-refractivity contribution in [3.05, 3.63) is 29.0 Å². The van der Waals surface area contributed by atoms with E-state index in [0.717, 1.165) is 6.54 Å². The van der Waals surface area contributed by atoms with Crippen molar-refractivity contribution >= 4 is 11.6 Å². The van der Waals surface area contributed by atoms with Gasteiger partial charge in [-0.2, -0.15) is 0 Å². The second-order valence-electron chi connectivity index (χ2n) is 7.26. The Bertz CT molecular complexity index is 566. The Morgan fingerprint density at radius 1 is 1.28 bits per heavy atom. The van der Waals surface area contributed by atoms with Crippen LogP contribution in [0.2, 0.25) is 5.02 Å². The summed E-state index contributed by atoms with van der Waals surface area (Å²) in [6.45, 7) is 2.34. The van der Waals surface area contributed by atoms with Gasteiger partial charge in [-0.05, 0) is 25.0 Å². The van der Waals surface area contributed by atoms with Gasteiger partial charge in [0.2, 0.25) is 0 Å². The lowest BCUT2D eigenvalue weighted by atomic mass is 10.0. The van der Waals surface area contributed by atoms with Gasteiger partial charge in [-0.1, -0.05) is 37.3 Å². The van der Waals surface area contributed by atoms with E-state index in [1.54, 1.807) is 0 Å². The minimum Gasteiger partial charge on any atom is -0.490 e. The summed E-state index contributed by atoms with van der Waals surface area (Å²) in [5.74, 6) is -0.0323. The highest BCUT2D eigenvalue weighted by Crippen LogP contribution is 2.26. The van der Waals surface area contributed by atoms with Gasteiger partial charge in [-0.3, -0.25) is 4.90 Å². The third-order valence-electron chi connectivity index (χ3n) is 5.13. The molecule has 25 heavy (non-hydrogen) atoms. The molecule has 1 heterocycles. The minimum atomic E-state index is -1.08. The smallest absolute Gasteiger partial charge is 0.142 e. The van der Waals surface area contributed by atoms with Gasteiger partial charge in [0.25, 0.3) is 0 Å². The quantitative estimate of drug-likeness (QED) is 0.820. The summed E-state index contributed by atoms with van der Waals surface area (Å²) < 4.78 is 24.6. The molecule has 1 saturated heterocycles. The van der Waals surface area contributed by atoms with Gasteiger partial charge in [-0.15, -0.1) is 0 Å². The van der Waals surface area contributed by atoms with E-state index in [0.29, 0.717) is 24.9 Å². The summed E-state index contributed by atoms with van der Waals surface area (Å²) in [7, 11) is 0. The molecule has 1 aliphatic carbocycles. The molecule has 2 fully saturated rings. The van der Waals surface area contributed by atoms with Crippen molar-refractivity contribution < 1.29 is 19.0 Å². The zero-order chi connectivity index (χ0) is 17.7. The van der Waals surface area contributed by atoms with Crippen LogP contribution in [0, 0.1) is 5.82 Å². The highest BCUT2D eigenvalue weighted by Gasteiger charge is 2.36. The topological polar surface area (TPSA) is 41.9 Å². The van der Waals surface area contributed by atoms with Gasteiger partial charge in [0.15, 0.2) is 0 Å². The zero-order valence-electron chi connectivity index (χ0n) is 14.6. The fourth-order valence-electron chi connectivity index (χ4n) is 3.75. The van der Waals surface area contributed by atoms with Gasteiger partial charge in [0.05, 0.1) is 18.2 Å². The lowest BCUT2D eigenvalue weighted by molar-refractivity contribution is -0.0675. The Kier molecular flexibility index (Phi) is 6.55. The SMILES string of the molecule is O[C@@]1(COc2ccc(F)c(Cl)c2)COCCN(C2CCCCCC2)C1. The van der Waals surface area contributed by atoms with Crippen LogP contribution in [-0.4, -0.2) is 54.6 Å². The van der Waals surface area contributed by atoms with Crippen molar-refractivity contribution in [3.63, 3.8) is 0 Å². The number of hydrogen-bond acceptors (Lipinski definition) is 4. The minimum absolute atomic E-state index is 0.0155. The molecule has 3 rings (SSSR count). The Morgan fingerprint density at radius 2 is 2.04 bits per heavy atom. The summed E-state index contributed by atoms with van der Waals surface area (Å²) in [6.07, 6.45) is 7.49. The Morgan fingerprint density at radius 3 is 2.76 bits per heavy atom. The zero-order valence-corrected chi connectivity index (χ0v) is 15.3. The van der Waals surface area contributed by atoms with Crippen LogP contribution >= 0.6 is 11.6 Å². The summed E-state index contributed by atoms with van der Waals surface area (Å²) in [6, 6.07) is 4.73. The molecule has 2 aliphatic rings. The normalized spacial score (nSPS) is 26.8. The lowest BCUT2D eigenvalue weighted by Gasteiger charge is -2.35. The van der Waals surface area contributed by atoms with Crippen molar-refractivity contribution in [1.29, 1.82) is 0 Å². The van der Waals surface area contributed by atoms with E-state index in [2.05, 4.69) is 4.90 Å². The molecular weight excluding hydrogens is 345 g/mol. The molecule has 4 nitrogen and oxygen atoms in total. The Labute approximate surface area is 153 Å². The fraction of sp³-hybridized carbons (Fsp3) is 0.684. The maximum Gasteiger partial charge on any atom is 0.142 e. The molecule has 6 heteroatoms. The predicted molar refractivity (Wildman–Crippen MR) is 95.7 cm³/mol. The van der Waals surface area contributed by atoms with Gasteiger partial charge in [-0.25, -0.2) is 4.39 Å². The van der Waals surface area contributed by atoms with Crippen LogP contribution < -0.4 is 4.74 Å². The van der Waals surface area contributed by atoms with Crippen LogP contribution in [0.1, 0.15) is 38.5 Å². The maximum atomic E-state index is 13.2. The van der Waals surface area contributed by atoms with Gasteiger partial charge < -0.3 is 14.6 Å². The number of aliphatic hydroxyl groups is 1. The third-order valence-corrected chi connectivity index (χ3v) is 5.42. The average Bonchev–Trinajstić information content (AvgIpc) is 2.97. The molecular formula is C19H27ClFNO3. The average molecular weight is 372 g/mol. The van der Waals surface area contributed by atoms with Crippen LogP contribution in [0.4, 0.5) is 4.39 Å². The molecule has 1 saturated carbocycles. The number of benzene rings is 1. The molecule has 0 radical (unpaired) electrons. The van der Waals surface area contributed by atoms with Crippen LogP contribution in [0.5, 0.6) is 5.75 Å². The van der Waals surface area contributed by atoms with E-state index in [1.807, 2.05) is 0 Å². The van der Waals surface area contributed by atoms with Crippen molar-refractivity contribution in [2.45, 2.75) is 50.2 Å². The molecule has 1 aromatic carbocycles. The molecule has 0 bridgehead atoms. The van der Waals surface area contributed by atoms with E-state index < -0.39 is 11.4 Å². The number of hydrogen-bond donors (Lipinski definition) is 1. The first kappa shape index (κ1) is 18.9. The second-order valence-corrected chi connectivity index (χ2v) is 7.66. The molecule has 1 aromatic rings. The highest BCUT2D eigenvalue weighted by atomic mass is 35.5. The molecule has 140 valence electrons. The highest BCUT2D eigenvalue weighted by molar-refractivity contribution is 6.30. The molecule has 0 unspecified atom stereocenters. The number of β-amino-alcohol motifs (C(OH)–C–C–N with tert-alkyl or cyclic N) is 1. The van der Waals surface area contributed by atoms with Gasteiger partial charge in [0.1, 0.15) is 23.8 Å². The van der Waals surface area contributed by atoms with Crippen molar-refractivity contribution in [2.75, 3.05) is 32.9 Å². The summed E-state index contributed by atoms with van der Waals surface area (Å²) in [4.78, 5) is 2.36. The first-order valence-corrected chi connectivity index (χ1v) is 9.56. The largest absolute Gasteiger partial charge is 0.490 e. The summed E-state index contributed by atoms with van der Waals surface area (Å²) >= 11 is 5.79. The molecule has 1 atom stereocenters. The third kappa shape index (κ3) is 5.30. The van der Waals surface area contributed by atoms with Crippen LogP contribution in [0.3, 0.4) is 0 Å². The first-order valence-electron chi connectivity index (χ1n) is 9.18. The standard InChI is InChI=1S/C19H27ClFNO3/c20-17-11-16(7-8-18(17)21)25-14-19(23)12-22(9-10-24-13-19)15-5-3-1-2-4-6-15/h7-8,11,15,23H,1-6,9-10,12-14H2/t19-/m1/s1. The Hall–Kier alpha value is -0.880. The molecule has 1 N–H and O–H groups in total. The second kappa shape index (κ2) is 8.67.